The molecule has 0 atom stereocenters. The zero-order valence-corrected chi connectivity index (χ0v) is 12.5. The Labute approximate surface area is 118 Å². The summed E-state index contributed by atoms with van der Waals surface area (Å²) in [5.41, 5.74) is 5.68. The van der Waals surface area contributed by atoms with Gasteiger partial charge in [0.25, 0.3) is 0 Å². The molecule has 7 heteroatoms. The number of nitrogens with two attached hydrogens (primary N) is 1. The number of nitrogens with one attached hydrogen (secondary N) is 1. The molecular formula is C12H21N5OS. The van der Waals surface area contributed by atoms with Crippen LogP contribution in [-0.4, -0.2) is 46.7 Å². The van der Waals surface area contributed by atoms with Gasteiger partial charge in [-0.25, -0.2) is 9.97 Å². The lowest BCUT2D eigenvalue weighted by Crippen LogP contribution is -2.31. The van der Waals surface area contributed by atoms with Gasteiger partial charge in [0.1, 0.15) is 11.6 Å². The van der Waals surface area contributed by atoms with E-state index in [-0.39, 0.29) is 5.91 Å². The molecular weight excluding hydrogens is 262 g/mol. The molecule has 3 N–H and O–H groups in total. The summed E-state index contributed by atoms with van der Waals surface area (Å²) < 4.78 is 0. The molecule has 106 valence electrons. The van der Waals surface area contributed by atoms with Crippen LogP contribution in [0.2, 0.25) is 0 Å². The Morgan fingerprint density at radius 2 is 2.11 bits per heavy atom. The third kappa shape index (κ3) is 4.94. The second-order valence-corrected chi connectivity index (χ2v) is 4.68. The molecule has 6 nitrogen and oxygen atoms in total. The molecule has 0 aromatic carbocycles. The van der Waals surface area contributed by atoms with Gasteiger partial charge in [-0.2, -0.15) is 0 Å². The van der Waals surface area contributed by atoms with Crippen molar-refractivity contribution in [1.29, 1.82) is 0 Å². The second kappa shape index (κ2) is 7.83. The van der Waals surface area contributed by atoms with Gasteiger partial charge >= 0.3 is 0 Å². The average Bonchev–Trinajstić information content (AvgIpc) is 2.39. The fourth-order valence-electron chi connectivity index (χ4n) is 1.66. The van der Waals surface area contributed by atoms with Crippen molar-refractivity contribution < 1.29 is 4.79 Å². The molecule has 0 aliphatic rings. The first-order valence-electron chi connectivity index (χ1n) is 6.30. The maximum atomic E-state index is 11.8. The van der Waals surface area contributed by atoms with Crippen LogP contribution in [0.15, 0.2) is 11.2 Å². The van der Waals surface area contributed by atoms with E-state index in [4.69, 9.17) is 5.73 Å². The molecule has 1 aromatic rings. The number of hydrogen-bond donors (Lipinski definition) is 2. The highest BCUT2D eigenvalue weighted by Gasteiger charge is 2.09. The Morgan fingerprint density at radius 3 is 2.68 bits per heavy atom. The number of anilines is 2. The highest BCUT2D eigenvalue weighted by atomic mass is 32.2. The van der Waals surface area contributed by atoms with Crippen LogP contribution in [0.25, 0.3) is 0 Å². The lowest BCUT2D eigenvalue weighted by Gasteiger charge is -2.18. The molecule has 0 saturated carbocycles. The number of carbonyl (C=O) groups excluding carboxylic acids is 1. The van der Waals surface area contributed by atoms with E-state index in [9.17, 15) is 4.79 Å². The molecule has 1 aromatic heterocycles. The number of thioether (sulfide) groups is 1. The summed E-state index contributed by atoms with van der Waals surface area (Å²) in [6.45, 7) is 5.98. The van der Waals surface area contributed by atoms with E-state index in [1.165, 1.54) is 11.8 Å². The number of hydrogen-bond acceptors (Lipinski definition) is 6. The Morgan fingerprint density at radius 1 is 1.42 bits per heavy atom. The zero-order valence-electron chi connectivity index (χ0n) is 11.6. The summed E-state index contributed by atoms with van der Waals surface area (Å²) in [4.78, 5) is 22.0. The minimum absolute atomic E-state index is 0.143. The van der Waals surface area contributed by atoms with Crippen LogP contribution < -0.4 is 11.1 Å². The van der Waals surface area contributed by atoms with Gasteiger partial charge in [0, 0.05) is 32.1 Å². The predicted molar refractivity (Wildman–Crippen MR) is 79.3 cm³/mol. The number of nitrogens with zero attached hydrogens (tertiary/aromatic N) is 3. The van der Waals surface area contributed by atoms with Gasteiger partial charge in [-0.05, 0) is 20.1 Å². The third-order valence-electron chi connectivity index (χ3n) is 2.67. The molecule has 19 heavy (non-hydrogen) atoms. The van der Waals surface area contributed by atoms with E-state index in [0.717, 1.165) is 13.1 Å². The van der Waals surface area contributed by atoms with Crippen molar-refractivity contribution in [3.63, 3.8) is 0 Å². The summed E-state index contributed by atoms with van der Waals surface area (Å²) in [7, 11) is 0. The van der Waals surface area contributed by atoms with Crippen molar-refractivity contribution >= 4 is 29.3 Å². The lowest BCUT2D eigenvalue weighted by molar-refractivity contribution is -0.130. The maximum absolute atomic E-state index is 11.8. The second-order valence-electron chi connectivity index (χ2n) is 3.91. The number of aromatic nitrogens is 2. The van der Waals surface area contributed by atoms with Gasteiger partial charge in [-0.1, -0.05) is 11.8 Å². The standard InChI is InChI=1S/C12H21N5OS/c1-4-17(5-2)11(18)6-7-14-10-8-9(13)15-12(16-10)19-3/h8H,4-7H2,1-3H3,(H3,13,14,15,16). The van der Waals surface area contributed by atoms with Gasteiger partial charge in [0.05, 0.1) is 0 Å². The van der Waals surface area contributed by atoms with Crippen molar-refractivity contribution in [3.8, 4) is 0 Å². The summed E-state index contributed by atoms with van der Waals surface area (Å²) in [5, 5.41) is 3.72. The monoisotopic (exact) mass is 283 g/mol. The average molecular weight is 283 g/mol. The molecule has 0 radical (unpaired) electrons. The molecule has 0 aliphatic heterocycles. The molecule has 1 heterocycles. The SMILES string of the molecule is CCN(CC)C(=O)CCNc1cc(N)nc(SC)n1. The van der Waals surface area contributed by atoms with Crippen LogP contribution in [0.5, 0.6) is 0 Å². The minimum atomic E-state index is 0.143. The van der Waals surface area contributed by atoms with Crippen molar-refractivity contribution in [2.75, 3.05) is 36.9 Å². The lowest BCUT2D eigenvalue weighted by atomic mass is 10.3. The van der Waals surface area contributed by atoms with Gasteiger partial charge in [0.2, 0.25) is 5.91 Å². The number of rotatable bonds is 7. The van der Waals surface area contributed by atoms with Crippen LogP contribution in [-0.2, 0) is 4.79 Å². The zero-order chi connectivity index (χ0) is 14.3. The molecule has 0 saturated heterocycles. The predicted octanol–water partition coefficient (Wildman–Crippen LogP) is 1.45. The minimum Gasteiger partial charge on any atom is -0.383 e. The Balaban J connectivity index is 2.49. The van der Waals surface area contributed by atoms with Gasteiger partial charge in [-0.15, -0.1) is 0 Å². The van der Waals surface area contributed by atoms with Crippen molar-refractivity contribution in [1.82, 2.24) is 14.9 Å². The van der Waals surface area contributed by atoms with E-state index < -0.39 is 0 Å². The Bertz CT molecular complexity index is 423. The van der Waals surface area contributed by atoms with Gasteiger partial charge in [0.15, 0.2) is 5.16 Å². The van der Waals surface area contributed by atoms with E-state index in [0.29, 0.717) is 29.8 Å². The highest BCUT2D eigenvalue weighted by molar-refractivity contribution is 7.98. The Kier molecular flexibility index (Phi) is 6.41. The first kappa shape index (κ1) is 15.6. The van der Waals surface area contributed by atoms with E-state index >= 15 is 0 Å². The summed E-state index contributed by atoms with van der Waals surface area (Å²) in [5.74, 6) is 1.23. The summed E-state index contributed by atoms with van der Waals surface area (Å²) in [6.07, 6.45) is 2.34. The van der Waals surface area contributed by atoms with E-state index in [1.807, 2.05) is 25.0 Å². The first-order chi connectivity index (χ1) is 9.10. The molecule has 1 rings (SSSR count). The van der Waals surface area contributed by atoms with Gasteiger partial charge in [-0.3, -0.25) is 4.79 Å². The van der Waals surface area contributed by atoms with Crippen LogP contribution >= 0.6 is 11.8 Å². The third-order valence-corrected chi connectivity index (χ3v) is 3.22. The van der Waals surface area contributed by atoms with Crippen LogP contribution in [0.1, 0.15) is 20.3 Å². The van der Waals surface area contributed by atoms with E-state index in [1.54, 1.807) is 6.07 Å². The van der Waals surface area contributed by atoms with Crippen LogP contribution in [0, 0.1) is 0 Å². The van der Waals surface area contributed by atoms with Crippen molar-refractivity contribution in [3.05, 3.63) is 6.07 Å². The van der Waals surface area contributed by atoms with Crippen LogP contribution in [0.3, 0.4) is 0 Å². The normalized spacial score (nSPS) is 10.3. The molecule has 0 unspecified atom stereocenters. The van der Waals surface area contributed by atoms with E-state index in [2.05, 4.69) is 15.3 Å². The Hall–Kier alpha value is -1.50. The highest BCUT2D eigenvalue weighted by Crippen LogP contribution is 2.15. The molecule has 0 bridgehead atoms. The fraction of sp³-hybridized carbons (Fsp3) is 0.583. The van der Waals surface area contributed by atoms with Crippen LogP contribution in [0.4, 0.5) is 11.6 Å². The molecule has 0 aliphatic carbocycles. The fourth-order valence-corrected chi connectivity index (χ4v) is 2.04. The number of carbonyl (C=O) groups is 1. The number of nitrogen functional groups attached to an aromatic ring is 1. The summed E-state index contributed by atoms with van der Waals surface area (Å²) in [6, 6.07) is 1.67. The first-order valence-corrected chi connectivity index (χ1v) is 7.53. The van der Waals surface area contributed by atoms with Crippen molar-refractivity contribution in [2.45, 2.75) is 25.4 Å². The molecule has 1 amide bonds. The number of amides is 1. The smallest absolute Gasteiger partial charge is 0.224 e. The topological polar surface area (TPSA) is 84.1 Å². The van der Waals surface area contributed by atoms with Crippen molar-refractivity contribution in [2.24, 2.45) is 0 Å². The maximum Gasteiger partial charge on any atom is 0.224 e. The largest absolute Gasteiger partial charge is 0.383 e. The van der Waals surface area contributed by atoms with Gasteiger partial charge < -0.3 is 16.0 Å². The quantitative estimate of drug-likeness (QED) is 0.582. The molecule has 0 fully saturated rings. The molecule has 0 spiro atoms. The summed E-state index contributed by atoms with van der Waals surface area (Å²) >= 11 is 1.43.